The van der Waals surface area contributed by atoms with Gasteiger partial charge >= 0.3 is 0 Å². The van der Waals surface area contributed by atoms with Crippen LogP contribution >= 0.6 is 0 Å². The Hall–Kier alpha value is -0.440. The van der Waals surface area contributed by atoms with Gasteiger partial charge < -0.3 is 55.1 Å². The molecule has 0 spiro atoms. The van der Waals surface area contributed by atoms with Crippen molar-refractivity contribution in [3.05, 3.63) is 0 Å². The zero-order valence-corrected chi connectivity index (χ0v) is 12.7. The molecule has 0 saturated carbocycles. The monoisotopic (exact) mass is 356 g/mol. The maximum absolute atomic E-state index is 10.1. The molecule has 0 aromatic rings. The average molecular weight is 356 g/mol. The molecule has 0 aromatic heterocycles. The molecule has 11 nitrogen and oxygen atoms in total. The predicted molar refractivity (Wildman–Crippen MR) is 73.5 cm³/mol. The second kappa shape index (κ2) is 8.29. The Morgan fingerprint density at radius 1 is 0.583 bits per heavy atom. The van der Waals surface area contributed by atoms with E-state index in [-0.39, 0.29) is 0 Å². The molecule has 11 heteroatoms. The highest BCUT2D eigenvalue weighted by Gasteiger charge is 2.50. The highest BCUT2D eigenvalue weighted by molar-refractivity contribution is 4.95. The first-order chi connectivity index (χ1) is 11.3. The van der Waals surface area contributed by atoms with Crippen molar-refractivity contribution in [2.24, 2.45) is 0 Å². The van der Waals surface area contributed by atoms with Crippen molar-refractivity contribution >= 4 is 0 Å². The van der Waals surface area contributed by atoms with Crippen LogP contribution in [0.15, 0.2) is 0 Å². The number of hydrogen-bond donors (Lipinski definition) is 8. The van der Waals surface area contributed by atoms with E-state index >= 15 is 0 Å². The molecule has 0 aromatic carbocycles. The fourth-order valence-electron chi connectivity index (χ4n) is 2.82. The van der Waals surface area contributed by atoms with Crippen LogP contribution in [0.1, 0.15) is 0 Å². The number of rotatable bonds is 5. The highest BCUT2D eigenvalue weighted by atomic mass is 16.7. The number of aliphatic hydroxyl groups excluding tert-OH is 8. The molecule has 8 N–H and O–H groups in total. The third-order valence-electron chi connectivity index (χ3n) is 4.28. The molecule has 24 heavy (non-hydrogen) atoms. The summed E-state index contributed by atoms with van der Waals surface area (Å²) in [6, 6.07) is 0. The van der Waals surface area contributed by atoms with Gasteiger partial charge in [-0.25, -0.2) is 0 Å². The molecule has 0 aliphatic carbocycles. The van der Waals surface area contributed by atoms with E-state index in [4.69, 9.17) is 24.4 Å². The molecular weight excluding hydrogens is 332 g/mol. The Balaban J connectivity index is 2.12. The van der Waals surface area contributed by atoms with E-state index in [1.165, 1.54) is 0 Å². The molecule has 2 aliphatic rings. The molecule has 2 fully saturated rings. The van der Waals surface area contributed by atoms with Crippen molar-refractivity contribution in [2.75, 3.05) is 19.8 Å². The topological polar surface area (TPSA) is 190 Å². The SMILES string of the molecule is OCC1OC(OC2C(CO)OC(CO)C(O)C2O)C(O)C(O)C1O. The van der Waals surface area contributed by atoms with E-state index < -0.39 is 81.0 Å². The minimum Gasteiger partial charge on any atom is -0.394 e. The normalized spacial score (nSPS) is 50.0. The van der Waals surface area contributed by atoms with E-state index in [0.717, 1.165) is 0 Å². The molecule has 2 aliphatic heterocycles. The molecule has 2 saturated heterocycles. The summed E-state index contributed by atoms with van der Waals surface area (Å²) in [4.78, 5) is 0. The smallest absolute Gasteiger partial charge is 0.187 e. The van der Waals surface area contributed by atoms with Crippen LogP contribution in [-0.4, -0.2) is 122 Å². The van der Waals surface area contributed by atoms with Crippen LogP contribution < -0.4 is 0 Å². The van der Waals surface area contributed by atoms with E-state index in [9.17, 15) is 30.6 Å². The summed E-state index contributed by atoms with van der Waals surface area (Å²) in [7, 11) is 0. The maximum atomic E-state index is 10.1. The van der Waals surface area contributed by atoms with E-state index in [0.29, 0.717) is 0 Å². The third-order valence-corrected chi connectivity index (χ3v) is 4.28. The number of ether oxygens (including phenoxy) is 3. The Morgan fingerprint density at radius 3 is 1.62 bits per heavy atom. The first-order valence-electron chi connectivity index (χ1n) is 7.55. The van der Waals surface area contributed by atoms with Crippen LogP contribution in [0.25, 0.3) is 0 Å². The summed E-state index contributed by atoms with van der Waals surface area (Å²) in [6.07, 6.45) is -14.5. The van der Waals surface area contributed by atoms with Crippen LogP contribution in [0.5, 0.6) is 0 Å². The minimum atomic E-state index is -1.71. The lowest BCUT2D eigenvalue weighted by Gasteiger charge is -2.45. The predicted octanol–water partition coefficient (Wildman–Crippen LogP) is -5.35. The first kappa shape index (κ1) is 19.9. The van der Waals surface area contributed by atoms with Gasteiger partial charge in [-0.1, -0.05) is 0 Å². The van der Waals surface area contributed by atoms with E-state index in [1.54, 1.807) is 0 Å². The van der Waals surface area contributed by atoms with Crippen molar-refractivity contribution in [2.45, 2.75) is 61.2 Å². The second-order valence-corrected chi connectivity index (χ2v) is 5.86. The lowest BCUT2D eigenvalue weighted by Crippen LogP contribution is -2.64. The van der Waals surface area contributed by atoms with Crippen molar-refractivity contribution in [3.8, 4) is 0 Å². The maximum Gasteiger partial charge on any atom is 0.187 e. The van der Waals surface area contributed by atoms with Crippen LogP contribution in [0.4, 0.5) is 0 Å². The summed E-state index contributed by atoms with van der Waals surface area (Å²) in [5, 5.41) is 77.0. The van der Waals surface area contributed by atoms with Gasteiger partial charge in [0.2, 0.25) is 0 Å². The van der Waals surface area contributed by atoms with Crippen molar-refractivity contribution in [3.63, 3.8) is 0 Å². The summed E-state index contributed by atoms with van der Waals surface area (Å²) < 4.78 is 15.7. The quantitative estimate of drug-likeness (QED) is 0.235. The Morgan fingerprint density at radius 2 is 1.08 bits per heavy atom. The third kappa shape index (κ3) is 3.71. The molecule has 142 valence electrons. The molecule has 0 amide bonds. The van der Waals surface area contributed by atoms with Gasteiger partial charge in [-0.05, 0) is 0 Å². The van der Waals surface area contributed by atoms with Crippen LogP contribution in [0.3, 0.4) is 0 Å². The second-order valence-electron chi connectivity index (χ2n) is 5.86. The summed E-state index contributed by atoms with van der Waals surface area (Å²) >= 11 is 0. The van der Waals surface area contributed by atoms with Gasteiger partial charge in [0.15, 0.2) is 6.29 Å². The Kier molecular flexibility index (Phi) is 6.87. The van der Waals surface area contributed by atoms with Crippen molar-refractivity contribution < 1.29 is 55.1 Å². The lowest BCUT2D eigenvalue weighted by molar-refractivity contribution is -0.343. The molecular formula is C13H24O11. The van der Waals surface area contributed by atoms with Gasteiger partial charge in [-0.3, -0.25) is 0 Å². The zero-order valence-electron chi connectivity index (χ0n) is 12.7. The first-order valence-corrected chi connectivity index (χ1v) is 7.55. The number of hydrogen-bond acceptors (Lipinski definition) is 11. The van der Waals surface area contributed by atoms with E-state index in [1.807, 2.05) is 0 Å². The zero-order chi connectivity index (χ0) is 18.0. The fraction of sp³-hybridized carbons (Fsp3) is 1.00. The largest absolute Gasteiger partial charge is 0.394 e. The van der Waals surface area contributed by atoms with Gasteiger partial charge in [0.1, 0.15) is 54.9 Å². The van der Waals surface area contributed by atoms with Crippen LogP contribution in [-0.2, 0) is 14.2 Å². The molecule has 2 rings (SSSR count). The fourth-order valence-corrected chi connectivity index (χ4v) is 2.82. The van der Waals surface area contributed by atoms with Crippen molar-refractivity contribution in [1.29, 1.82) is 0 Å². The van der Waals surface area contributed by atoms with Gasteiger partial charge in [-0.2, -0.15) is 0 Å². The standard InChI is InChI=1S/C13H24O11/c14-1-4-8(18)10(20)12(6(3-16)22-4)24-13-11(21)9(19)7(17)5(2-15)23-13/h4-21H,1-3H2. The summed E-state index contributed by atoms with van der Waals surface area (Å²) in [6.45, 7) is -1.88. The van der Waals surface area contributed by atoms with Gasteiger partial charge in [0.05, 0.1) is 19.8 Å². The van der Waals surface area contributed by atoms with Gasteiger partial charge in [0.25, 0.3) is 0 Å². The van der Waals surface area contributed by atoms with E-state index in [2.05, 4.69) is 0 Å². The average Bonchev–Trinajstić information content (AvgIpc) is 2.59. The Bertz CT molecular complexity index is 392. The minimum absolute atomic E-state index is 0.596. The molecule has 10 unspecified atom stereocenters. The molecule has 0 bridgehead atoms. The van der Waals surface area contributed by atoms with Crippen LogP contribution in [0.2, 0.25) is 0 Å². The molecule has 10 atom stereocenters. The lowest BCUT2D eigenvalue weighted by atomic mass is 9.94. The molecule has 2 heterocycles. The number of aliphatic hydroxyl groups is 8. The summed E-state index contributed by atoms with van der Waals surface area (Å²) in [5.74, 6) is 0. The van der Waals surface area contributed by atoms with Crippen LogP contribution in [0, 0.1) is 0 Å². The van der Waals surface area contributed by atoms with Crippen molar-refractivity contribution in [1.82, 2.24) is 0 Å². The van der Waals surface area contributed by atoms with Gasteiger partial charge in [-0.15, -0.1) is 0 Å². The Labute approximate surface area is 137 Å². The molecule has 0 radical (unpaired) electrons. The van der Waals surface area contributed by atoms with Gasteiger partial charge in [0, 0.05) is 0 Å². The highest BCUT2D eigenvalue weighted by Crippen LogP contribution is 2.28. The summed E-state index contributed by atoms with van der Waals surface area (Å²) in [5.41, 5.74) is 0.